The molecule has 1 atom stereocenters. The van der Waals surface area contributed by atoms with Gasteiger partial charge in [-0.05, 0) is 17.7 Å². The van der Waals surface area contributed by atoms with Gasteiger partial charge in [0.2, 0.25) is 5.91 Å². The van der Waals surface area contributed by atoms with E-state index >= 15 is 0 Å². The van der Waals surface area contributed by atoms with Gasteiger partial charge in [-0.2, -0.15) is 0 Å². The van der Waals surface area contributed by atoms with Gasteiger partial charge >= 0.3 is 0 Å². The molecule has 1 amide bonds. The Balaban J connectivity index is 0.00000106. The van der Waals surface area contributed by atoms with Crippen LogP contribution in [0, 0.1) is 0 Å². The van der Waals surface area contributed by atoms with Crippen LogP contribution in [0.1, 0.15) is 32.4 Å². The van der Waals surface area contributed by atoms with Crippen molar-refractivity contribution in [2.24, 2.45) is 0 Å². The first-order chi connectivity index (χ1) is 7.63. The number of halogens is 1. The molecule has 16 heavy (non-hydrogen) atoms. The number of aliphatic hydroxyl groups excluding tert-OH is 1. The van der Waals surface area contributed by atoms with E-state index < -0.39 is 0 Å². The Labute approximate surface area is 101 Å². The van der Waals surface area contributed by atoms with Crippen molar-refractivity contribution in [3.05, 3.63) is 34.9 Å². The first kappa shape index (κ1) is 14.9. The molecule has 1 aromatic rings. The molecule has 4 heteroatoms. The van der Waals surface area contributed by atoms with Crippen LogP contribution in [0.3, 0.4) is 0 Å². The third kappa shape index (κ3) is 5.14. The highest BCUT2D eigenvalue weighted by molar-refractivity contribution is 6.30. The Morgan fingerprint density at radius 1 is 1.50 bits per heavy atom. The maximum absolute atomic E-state index is 10.8. The van der Waals surface area contributed by atoms with Crippen LogP contribution in [0.5, 0.6) is 0 Å². The molecule has 0 aliphatic heterocycles. The van der Waals surface area contributed by atoms with Crippen LogP contribution in [0.25, 0.3) is 0 Å². The summed E-state index contributed by atoms with van der Waals surface area (Å²) >= 11 is 5.79. The highest BCUT2D eigenvalue weighted by Crippen LogP contribution is 2.17. The summed E-state index contributed by atoms with van der Waals surface area (Å²) < 4.78 is 0. The van der Waals surface area contributed by atoms with Crippen LogP contribution in [0.4, 0.5) is 0 Å². The standard InChI is InChI=1S/C10H12ClNO2.C2H6/c1-7(14)12-10(6-13)8-3-2-4-9(11)5-8;1-2/h2-5,10,13H,6H2,1H3,(H,12,14);1-2H3/t10-;/m1./s1. The molecule has 0 radical (unpaired) electrons. The number of amides is 1. The van der Waals surface area contributed by atoms with Crippen molar-refractivity contribution in [2.45, 2.75) is 26.8 Å². The third-order valence-corrected chi connectivity index (χ3v) is 2.05. The summed E-state index contributed by atoms with van der Waals surface area (Å²) in [6, 6.07) is 6.67. The molecule has 0 fully saturated rings. The van der Waals surface area contributed by atoms with E-state index in [2.05, 4.69) is 5.32 Å². The fraction of sp³-hybridized carbons (Fsp3) is 0.417. The molecule has 0 aliphatic rings. The van der Waals surface area contributed by atoms with Crippen molar-refractivity contribution < 1.29 is 9.90 Å². The average molecular weight is 244 g/mol. The van der Waals surface area contributed by atoms with Gasteiger partial charge < -0.3 is 10.4 Å². The fourth-order valence-electron chi connectivity index (χ4n) is 1.20. The van der Waals surface area contributed by atoms with Gasteiger partial charge in [0.05, 0.1) is 12.6 Å². The Hall–Kier alpha value is -1.06. The van der Waals surface area contributed by atoms with Gasteiger partial charge in [0.1, 0.15) is 0 Å². The van der Waals surface area contributed by atoms with Crippen LogP contribution >= 0.6 is 11.6 Å². The second kappa shape index (κ2) is 8.13. The Morgan fingerprint density at radius 3 is 2.56 bits per heavy atom. The monoisotopic (exact) mass is 243 g/mol. The van der Waals surface area contributed by atoms with Crippen molar-refractivity contribution in [1.82, 2.24) is 5.32 Å². The molecule has 0 heterocycles. The van der Waals surface area contributed by atoms with E-state index in [1.54, 1.807) is 18.2 Å². The van der Waals surface area contributed by atoms with E-state index in [1.807, 2.05) is 19.9 Å². The highest BCUT2D eigenvalue weighted by Gasteiger charge is 2.10. The zero-order valence-electron chi connectivity index (χ0n) is 9.83. The minimum atomic E-state index is -0.383. The van der Waals surface area contributed by atoms with Gasteiger partial charge in [0.25, 0.3) is 0 Å². The molecule has 0 saturated carbocycles. The quantitative estimate of drug-likeness (QED) is 0.857. The minimum Gasteiger partial charge on any atom is -0.394 e. The number of carbonyl (C=O) groups excluding carboxylic acids is 1. The van der Waals surface area contributed by atoms with Crippen molar-refractivity contribution in [3.8, 4) is 0 Å². The van der Waals surface area contributed by atoms with Crippen LogP contribution in [0.2, 0.25) is 5.02 Å². The lowest BCUT2D eigenvalue weighted by Crippen LogP contribution is -2.28. The average Bonchev–Trinajstić information content (AvgIpc) is 2.28. The van der Waals surface area contributed by atoms with Crippen molar-refractivity contribution >= 4 is 17.5 Å². The summed E-state index contributed by atoms with van der Waals surface area (Å²) in [6.07, 6.45) is 0. The SMILES string of the molecule is CC.CC(=O)N[C@H](CO)c1cccc(Cl)c1. The normalized spacial score (nSPS) is 11.1. The van der Waals surface area contributed by atoms with Crippen LogP contribution in [0.15, 0.2) is 24.3 Å². The van der Waals surface area contributed by atoms with Crippen LogP contribution in [-0.2, 0) is 4.79 Å². The van der Waals surface area contributed by atoms with Gasteiger partial charge in [-0.1, -0.05) is 37.6 Å². The van der Waals surface area contributed by atoms with Crippen molar-refractivity contribution in [1.29, 1.82) is 0 Å². The first-order valence-corrected chi connectivity index (χ1v) is 5.64. The molecule has 0 bridgehead atoms. The zero-order valence-corrected chi connectivity index (χ0v) is 10.6. The summed E-state index contributed by atoms with van der Waals surface area (Å²) in [4.78, 5) is 10.8. The summed E-state index contributed by atoms with van der Waals surface area (Å²) in [6.45, 7) is 5.27. The molecule has 1 aromatic carbocycles. The van der Waals surface area contributed by atoms with Gasteiger partial charge in [-0.3, -0.25) is 4.79 Å². The maximum Gasteiger partial charge on any atom is 0.217 e. The number of hydrogen-bond acceptors (Lipinski definition) is 2. The second-order valence-electron chi connectivity index (χ2n) is 2.99. The Kier molecular flexibility index (Phi) is 7.60. The van der Waals surface area contributed by atoms with Crippen molar-refractivity contribution in [3.63, 3.8) is 0 Å². The molecule has 2 N–H and O–H groups in total. The second-order valence-corrected chi connectivity index (χ2v) is 3.43. The Bertz CT molecular complexity index is 329. The molecule has 90 valence electrons. The van der Waals surface area contributed by atoms with Gasteiger partial charge in [0.15, 0.2) is 0 Å². The smallest absolute Gasteiger partial charge is 0.217 e. The number of aliphatic hydroxyl groups is 1. The molecule has 0 aromatic heterocycles. The largest absolute Gasteiger partial charge is 0.394 e. The van der Waals surface area contributed by atoms with Gasteiger partial charge in [0, 0.05) is 11.9 Å². The predicted molar refractivity (Wildman–Crippen MR) is 66.4 cm³/mol. The van der Waals surface area contributed by atoms with E-state index in [4.69, 9.17) is 16.7 Å². The zero-order chi connectivity index (χ0) is 12.6. The molecular weight excluding hydrogens is 226 g/mol. The summed E-state index contributed by atoms with van der Waals surface area (Å²) in [7, 11) is 0. The molecule has 0 spiro atoms. The Morgan fingerprint density at radius 2 is 2.12 bits per heavy atom. The van der Waals surface area contributed by atoms with E-state index in [0.717, 1.165) is 5.56 Å². The number of nitrogens with one attached hydrogen (secondary N) is 1. The summed E-state index contributed by atoms with van der Waals surface area (Å²) in [5, 5.41) is 12.3. The predicted octanol–water partition coefficient (Wildman–Crippen LogP) is 2.54. The first-order valence-electron chi connectivity index (χ1n) is 5.27. The molecular formula is C12H18ClNO2. The lowest BCUT2D eigenvalue weighted by Gasteiger charge is -2.15. The lowest BCUT2D eigenvalue weighted by molar-refractivity contribution is -0.120. The fourth-order valence-corrected chi connectivity index (χ4v) is 1.40. The van der Waals surface area contributed by atoms with E-state index in [0.29, 0.717) is 5.02 Å². The van der Waals surface area contributed by atoms with Crippen LogP contribution in [-0.4, -0.2) is 17.6 Å². The van der Waals surface area contributed by atoms with Gasteiger partial charge in [-0.25, -0.2) is 0 Å². The van der Waals surface area contributed by atoms with Crippen molar-refractivity contribution in [2.75, 3.05) is 6.61 Å². The molecule has 0 saturated heterocycles. The van der Waals surface area contributed by atoms with E-state index in [-0.39, 0.29) is 18.6 Å². The maximum atomic E-state index is 10.8. The topological polar surface area (TPSA) is 49.3 Å². The molecule has 0 aliphatic carbocycles. The highest BCUT2D eigenvalue weighted by atomic mass is 35.5. The molecule has 1 rings (SSSR count). The van der Waals surface area contributed by atoms with E-state index in [1.165, 1.54) is 6.92 Å². The number of carbonyl (C=O) groups is 1. The number of rotatable bonds is 3. The number of benzene rings is 1. The minimum absolute atomic E-state index is 0.139. The number of hydrogen-bond donors (Lipinski definition) is 2. The molecule has 3 nitrogen and oxygen atoms in total. The van der Waals surface area contributed by atoms with E-state index in [9.17, 15) is 4.79 Å². The van der Waals surface area contributed by atoms with Crippen LogP contribution < -0.4 is 5.32 Å². The summed E-state index contributed by atoms with van der Waals surface area (Å²) in [5.74, 6) is -0.177. The third-order valence-electron chi connectivity index (χ3n) is 1.81. The summed E-state index contributed by atoms with van der Waals surface area (Å²) in [5.41, 5.74) is 0.801. The lowest BCUT2D eigenvalue weighted by atomic mass is 10.1. The van der Waals surface area contributed by atoms with Gasteiger partial charge in [-0.15, -0.1) is 0 Å². The molecule has 0 unspecified atom stereocenters.